The van der Waals surface area contributed by atoms with Crippen molar-refractivity contribution in [3.05, 3.63) is 35.9 Å². The van der Waals surface area contributed by atoms with Gasteiger partial charge in [-0.1, -0.05) is 37.3 Å². The SMILES string of the molecule is CC[C@H](C(=O)NC1CCN(CCOC)CC1)c1ccccc1. The lowest BCUT2D eigenvalue weighted by Crippen LogP contribution is -2.46. The monoisotopic (exact) mass is 304 g/mol. The van der Waals surface area contributed by atoms with Crippen molar-refractivity contribution in [1.82, 2.24) is 10.2 Å². The summed E-state index contributed by atoms with van der Waals surface area (Å²) < 4.78 is 5.12. The number of carbonyl (C=O) groups excluding carboxylic acids is 1. The van der Waals surface area contributed by atoms with Crippen LogP contribution in [0.1, 0.15) is 37.7 Å². The Morgan fingerprint density at radius 1 is 1.32 bits per heavy atom. The van der Waals surface area contributed by atoms with E-state index in [4.69, 9.17) is 4.74 Å². The van der Waals surface area contributed by atoms with Crippen LogP contribution in [0.2, 0.25) is 0 Å². The van der Waals surface area contributed by atoms with Gasteiger partial charge in [0.2, 0.25) is 5.91 Å². The predicted molar refractivity (Wildman–Crippen MR) is 89.0 cm³/mol. The van der Waals surface area contributed by atoms with Crippen LogP contribution in [0.4, 0.5) is 0 Å². The molecule has 0 bridgehead atoms. The maximum atomic E-state index is 12.6. The van der Waals surface area contributed by atoms with Crippen molar-refractivity contribution in [2.75, 3.05) is 33.4 Å². The molecule has 1 aromatic carbocycles. The molecule has 22 heavy (non-hydrogen) atoms. The normalized spacial score (nSPS) is 18.1. The Morgan fingerprint density at radius 3 is 2.59 bits per heavy atom. The second-order valence-electron chi connectivity index (χ2n) is 5.99. The summed E-state index contributed by atoms with van der Waals surface area (Å²) in [6, 6.07) is 10.4. The molecule has 1 aromatic rings. The summed E-state index contributed by atoms with van der Waals surface area (Å²) in [6.07, 6.45) is 2.89. The minimum atomic E-state index is -0.0345. The molecule has 0 saturated carbocycles. The molecule has 4 heteroatoms. The van der Waals surface area contributed by atoms with Crippen molar-refractivity contribution in [2.45, 2.75) is 38.1 Å². The first-order chi connectivity index (χ1) is 10.7. The zero-order valence-corrected chi connectivity index (χ0v) is 13.8. The molecule has 4 nitrogen and oxygen atoms in total. The van der Waals surface area contributed by atoms with Gasteiger partial charge in [-0.2, -0.15) is 0 Å². The number of carbonyl (C=O) groups is 1. The number of methoxy groups -OCH3 is 1. The highest BCUT2D eigenvalue weighted by Crippen LogP contribution is 2.20. The third-order valence-corrected chi connectivity index (χ3v) is 4.47. The third-order valence-electron chi connectivity index (χ3n) is 4.47. The van der Waals surface area contributed by atoms with Gasteiger partial charge >= 0.3 is 0 Å². The highest BCUT2D eigenvalue weighted by atomic mass is 16.5. The van der Waals surface area contributed by atoms with E-state index in [1.807, 2.05) is 30.3 Å². The standard InChI is InChI=1S/C18H28N2O2/c1-3-17(15-7-5-4-6-8-15)18(21)19-16-9-11-20(12-10-16)13-14-22-2/h4-8,16-17H,3,9-14H2,1-2H3,(H,19,21)/t17-/m0/s1. The Balaban J connectivity index is 1.82. The molecule has 122 valence electrons. The molecular formula is C18H28N2O2. The molecule has 1 heterocycles. The van der Waals surface area contributed by atoms with E-state index in [1.54, 1.807) is 7.11 Å². The van der Waals surface area contributed by atoms with Crippen molar-refractivity contribution < 1.29 is 9.53 Å². The van der Waals surface area contributed by atoms with E-state index in [0.29, 0.717) is 6.04 Å². The molecular weight excluding hydrogens is 276 g/mol. The van der Waals surface area contributed by atoms with Gasteiger partial charge in [-0.3, -0.25) is 4.79 Å². The lowest BCUT2D eigenvalue weighted by Gasteiger charge is -2.32. The molecule has 1 aliphatic heterocycles. The molecule has 0 aromatic heterocycles. The number of piperidine rings is 1. The van der Waals surface area contributed by atoms with Gasteiger partial charge < -0.3 is 15.0 Å². The Kier molecular flexibility index (Phi) is 6.87. The summed E-state index contributed by atoms with van der Waals surface area (Å²) in [7, 11) is 1.74. The molecule has 0 radical (unpaired) electrons. The lowest BCUT2D eigenvalue weighted by atomic mass is 9.94. The van der Waals surface area contributed by atoms with Gasteiger partial charge in [0.25, 0.3) is 0 Å². The van der Waals surface area contributed by atoms with Crippen molar-refractivity contribution in [3.8, 4) is 0 Å². The molecule has 1 aliphatic rings. The zero-order chi connectivity index (χ0) is 15.8. The first-order valence-electron chi connectivity index (χ1n) is 8.31. The molecule has 1 amide bonds. The van der Waals surface area contributed by atoms with E-state index >= 15 is 0 Å². The highest BCUT2D eigenvalue weighted by molar-refractivity contribution is 5.83. The largest absolute Gasteiger partial charge is 0.383 e. The van der Waals surface area contributed by atoms with Crippen molar-refractivity contribution >= 4 is 5.91 Å². The van der Waals surface area contributed by atoms with Crippen molar-refractivity contribution in [1.29, 1.82) is 0 Å². The van der Waals surface area contributed by atoms with E-state index in [2.05, 4.69) is 17.1 Å². The number of benzene rings is 1. The Bertz CT molecular complexity index is 442. The van der Waals surface area contributed by atoms with Crippen LogP contribution in [-0.2, 0) is 9.53 Å². The van der Waals surface area contributed by atoms with Gasteiger partial charge in [-0.25, -0.2) is 0 Å². The number of nitrogens with zero attached hydrogens (tertiary/aromatic N) is 1. The van der Waals surface area contributed by atoms with Crippen LogP contribution in [0.3, 0.4) is 0 Å². The summed E-state index contributed by atoms with van der Waals surface area (Å²) >= 11 is 0. The van der Waals surface area contributed by atoms with E-state index in [0.717, 1.165) is 51.1 Å². The van der Waals surface area contributed by atoms with Crippen LogP contribution < -0.4 is 5.32 Å². The first kappa shape index (κ1) is 17.0. The molecule has 2 rings (SSSR count). The summed E-state index contributed by atoms with van der Waals surface area (Å²) in [6.45, 7) is 5.92. The van der Waals surface area contributed by atoms with Gasteiger partial charge in [0.05, 0.1) is 12.5 Å². The van der Waals surface area contributed by atoms with Gasteiger partial charge in [-0.05, 0) is 24.8 Å². The fourth-order valence-electron chi connectivity index (χ4n) is 3.08. The Morgan fingerprint density at radius 2 is 2.00 bits per heavy atom. The minimum absolute atomic E-state index is 0.0345. The van der Waals surface area contributed by atoms with Crippen LogP contribution in [-0.4, -0.2) is 50.2 Å². The quantitative estimate of drug-likeness (QED) is 0.841. The average molecular weight is 304 g/mol. The highest BCUT2D eigenvalue weighted by Gasteiger charge is 2.24. The number of rotatable bonds is 7. The number of nitrogens with one attached hydrogen (secondary N) is 1. The third kappa shape index (κ3) is 4.82. The molecule has 0 aliphatic carbocycles. The topological polar surface area (TPSA) is 41.6 Å². The van der Waals surface area contributed by atoms with Crippen molar-refractivity contribution in [3.63, 3.8) is 0 Å². The maximum Gasteiger partial charge on any atom is 0.227 e. The van der Waals surface area contributed by atoms with Gasteiger partial charge in [0, 0.05) is 32.8 Å². The van der Waals surface area contributed by atoms with Gasteiger partial charge in [0.15, 0.2) is 0 Å². The molecule has 0 spiro atoms. The van der Waals surface area contributed by atoms with Crippen LogP contribution in [0.25, 0.3) is 0 Å². The fourth-order valence-corrected chi connectivity index (χ4v) is 3.08. The fraction of sp³-hybridized carbons (Fsp3) is 0.611. The maximum absolute atomic E-state index is 12.6. The number of hydrogen-bond acceptors (Lipinski definition) is 3. The second-order valence-corrected chi connectivity index (χ2v) is 5.99. The lowest BCUT2D eigenvalue weighted by molar-refractivity contribution is -0.123. The van der Waals surface area contributed by atoms with Crippen molar-refractivity contribution in [2.24, 2.45) is 0 Å². The summed E-state index contributed by atoms with van der Waals surface area (Å²) in [4.78, 5) is 15.0. The Hall–Kier alpha value is -1.39. The smallest absolute Gasteiger partial charge is 0.227 e. The zero-order valence-electron chi connectivity index (χ0n) is 13.8. The number of hydrogen-bond donors (Lipinski definition) is 1. The summed E-state index contributed by atoms with van der Waals surface area (Å²) in [5.74, 6) is 0.136. The summed E-state index contributed by atoms with van der Waals surface area (Å²) in [5.41, 5.74) is 1.11. The van der Waals surface area contributed by atoms with Crippen LogP contribution in [0, 0.1) is 0 Å². The molecule has 1 atom stereocenters. The van der Waals surface area contributed by atoms with E-state index in [-0.39, 0.29) is 11.8 Å². The molecule has 1 saturated heterocycles. The van der Waals surface area contributed by atoms with Gasteiger partial charge in [-0.15, -0.1) is 0 Å². The number of ether oxygens (including phenoxy) is 1. The molecule has 1 N–H and O–H groups in total. The number of likely N-dealkylation sites (tertiary alicyclic amines) is 1. The predicted octanol–water partition coefficient (Wildman–Crippen LogP) is 2.41. The molecule has 0 unspecified atom stereocenters. The molecule has 1 fully saturated rings. The van der Waals surface area contributed by atoms with Crippen LogP contribution in [0.15, 0.2) is 30.3 Å². The number of amides is 1. The average Bonchev–Trinajstić information content (AvgIpc) is 2.56. The van der Waals surface area contributed by atoms with Crippen LogP contribution in [0.5, 0.6) is 0 Å². The van der Waals surface area contributed by atoms with E-state index in [9.17, 15) is 4.79 Å². The van der Waals surface area contributed by atoms with E-state index in [1.165, 1.54) is 0 Å². The second kappa shape index (κ2) is 8.91. The first-order valence-corrected chi connectivity index (χ1v) is 8.31. The van der Waals surface area contributed by atoms with E-state index < -0.39 is 0 Å². The van der Waals surface area contributed by atoms with Gasteiger partial charge in [0.1, 0.15) is 0 Å². The summed E-state index contributed by atoms with van der Waals surface area (Å²) in [5, 5.41) is 3.25. The Labute approximate surface area is 133 Å². The minimum Gasteiger partial charge on any atom is -0.383 e. The van der Waals surface area contributed by atoms with Crippen LogP contribution >= 0.6 is 0 Å².